The normalized spacial score (nSPS) is 13.0. The fourth-order valence-electron chi connectivity index (χ4n) is 2.60. The van der Waals surface area contributed by atoms with E-state index in [0.717, 1.165) is 40.3 Å². The first-order valence-electron chi connectivity index (χ1n) is 7.40. The minimum atomic E-state index is 0.387. The zero-order chi connectivity index (χ0) is 15.1. The molecule has 0 aromatic carbocycles. The molecule has 5 nitrogen and oxygen atoms in total. The maximum atomic E-state index is 4.67. The van der Waals surface area contributed by atoms with Crippen LogP contribution in [0.1, 0.15) is 37.2 Å². The second kappa shape index (κ2) is 4.98. The monoisotopic (exact) mass is 283 g/mol. The molecule has 0 radical (unpaired) electrons. The number of nitrogens with zero attached hydrogens (tertiary/aromatic N) is 4. The largest absolute Gasteiger partial charge is 0.367 e. The summed E-state index contributed by atoms with van der Waals surface area (Å²) >= 11 is 0. The quantitative estimate of drug-likeness (QED) is 0.800. The van der Waals surface area contributed by atoms with E-state index in [9.17, 15) is 0 Å². The predicted octanol–water partition coefficient (Wildman–Crippen LogP) is 3.41. The van der Waals surface area contributed by atoms with Gasteiger partial charge in [0.15, 0.2) is 11.3 Å². The number of hydrogen-bond acceptors (Lipinski definition) is 4. The number of pyridine rings is 1. The Morgan fingerprint density at radius 3 is 2.57 bits per heavy atom. The average molecular weight is 283 g/mol. The molecule has 3 aromatic heterocycles. The van der Waals surface area contributed by atoms with Gasteiger partial charge in [-0.05, 0) is 45.7 Å². The number of aryl methyl sites for hydroxylation is 3. The Hall–Kier alpha value is -2.17. The van der Waals surface area contributed by atoms with Crippen molar-refractivity contribution < 1.29 is 0 Å². The summed E-state index contributed by atoms with van der Waals surface area (Å²) in [5.74, 6) is 0.974. The minimum absolute atomic E-state index is 0.387. The van der Waals surface area contributed by atoms with Crippen molar-refractivity contribution in [3.63, 3.8) is 0 Å². The highest BCUT2D eigenvalue weighted by atomic mass is 15.3. The molecule has 1 unspecified atom stereocenters. The van der Waals surface area contributed by atoms with Gasteiger partial charge in [-0.15, -0.1) is 5.10 Å². The molecule has 3 rings (SSSR count). The van der Waals surface area contributed by atoms with Crippen molar-refractivity contribution in [2.24, 2.45) is 0 Å². The van der Waals surface area contributed by atoms with Crippen molar-refractivity contribution in [1.82, 2.24) is 19.6 Å². The van der Waals surface area contributed by atoms with E-state index in [4.69, 9.17) is 0 Å². The first-order valence-corrected chi connectivity index (χ1v) is 7.40. The number of aromatic nitrogens is 4. The van der Waals surface area contributed by atoms with E-state index in [0.29, 0.717) is 6.04 Å². The van der Waals surface area contributed by atoms with Gasteiger partial charge in [0.2, 0.25) is 0 Å². The smallest absolute Gasteiger partial charge is 0.184 e. The molecule has 0 spiro atoms. The van der Waals surface area contributed by atoms with Gasteiger partial charge < -0.3 is 5.32 Å². The van der Waals surface area contributed by atoms with Crippen LogP contribution in [0.25, 0.3) is 16.7 Å². The molecule has 1 atom stereocenters. The van der Waals surface area contributed by atoms with Crippen molar-refractivity contribution in [1.29, 1.82) is 0 Å². The van der Waals surface area contributed by atoms with Gasteiger partial charge in [-0.2, -0.15) is 4.52 Å². The molecule has 110 valence electrons. The van der Waals surface area contributed by atoms with E-state index in [1.165, 1.54) is 5.56 Å². The molecule has 3 aromatic rings. The molecular formula is C16H21N5. The third-order valence-electron chi connectivity index (χ3n) is 3.81. The van der Waals surface area contributed by atoms with Gasteiger partial charge in [0.1, 0.15) is 5.82 Å². The van der Waals surface area contributed by atoms with Gasteiger partial charge in [-0.1, -0.05) is 6.92 Å². The van der Waals surface area contributed by atoms with Crippen LogP contribution in [0.15, 0.2) is 12.1 Å². The van der Waals surface area contributed by atoms with Gasteiger partial charge in [-0.3, -0.25) is 0 Å². The lowest BCUT2D eigenvalue weighted by Gasteiger charge is -2.14. The summed E-state index contributed by atoms with van der Waals surface area (Å²) in [7, 11) is 0. The highest BCUT2D eigenvalue weighted by molar-refractivity contribution is 5.93. The summed E-state index contributed by atoms with van der Waals surface area (Å²) in [6, 6.07) is 4.50. The van der Waals surface area contributed by atoms with Gasteiger partial charge in [0.25, 0.3) is 0 Å². The first kappa shape index (κ1) is 13.8. The molecule has 0 bridgehead atoms. The number of anilines is 1. The highest BCUT2D eigenvalue weighted by Crippen LogP contribution is 2.24. The summed E-state index contributed by atoms with van der Waals surface area (Å²) in [4.78, 5) is 9.21. The molecule has 0 fully saturated rings. The zero-order valence-electron chi connectivity index (χ0n) is 13.2. The topological polar surface area (TPSA) is 55.1 Å². The van der Waals surface area contributed by atoms with Gasteiger partial charge >= 0.3 is 0 Å². The Kier molecular flexibility index (Phi) is 3.27. The second-order valence-corrected chi connectivity index (χ2v) is 5.75. The van der Waals surface area contributed by atoms with Gasteiger partial charge in [-0.25, -0.2) is 9.97 Å². The van der Waals surface area contributed by atoms with Gasteiger partial charge in [0.05, 0.1) is 5.39 Å². The molecular weight excluding hydrogens is 262 g/mol. The molecule has 0 saturated heterocycles. The zero-order valence-corrected chi connectivity index (χ0v) is 13.2. The highest BCUT2D eigenvalue weighted by Gasteiger charge is 2.15. The van der Waals surface area contributed by atoms with E-state index < -0.39 is 0 Å². The van der Waals surface area contributed by atoms with Crippen LogP contribution in [0.4, 0.5) is 5.82 Å². The molecule has 0 aliphatic rings. The summed E-state index contributed by atoms with van der Waals surface area (Å²) in [6.07, 6.45) is 1.06. The first-order chi connectivity index (χ1) is 9.99. The molecule has 3 heterocycles. The lowest BCUT2D eigenvalue weighted by Crippen LogP contribution is -2.16. The Morgan fingerprint density at radius 1 is 1.14 bits per heavy atom. The SMILES string of the molecule is CCC(C)Nc1cc(C)nc2c3c(C)cc(C)nc3nn12. The molecule has 0 aliphatic carbocycles. The summed E-state index contributed by atoms with van der Waals surface area (Å²) in [5.41, 5.74) is 4.77. The molecule has 0 saturated carbocycles. The van der Waals surface area contributed by atoms with E-state index in [2.05, 4.69) is 47.2 Å². The maximum absolute atomic E-state index is 4.67. The predicted molar refractivity (Wildman–Crippen MR) is 85.9 cm³/mol. The third-order valence-corrected chi connectivity index (χ3v) is 3.81. The van der Waals surface area contributed by atoms with Crippen LogP contribution < -0.4 is 5.32 Å². The van der Waals surface area contributed by atoms with Crippen molar-refractivity contribution in [3.05, 3.63) is 29.1 Å². The number of hydrogen-bond donors (Lipinski definition) is 1. The lowest BCUT2D eigenvalue weighted by atomic mass is 10.2. The van der Waals surface area contributed by atoms with Crippen molar-refractivity contribution in [2.45, 2.75) is 47.1 Å². The van der Waals surface area contributed by atoms with Crippen LogP contribution in [-0.2, 0) is 0 Å². The maximum Gasteiger partial charge on any atom is 0.184 e. The lowest BCUT2D eigenvalue weighted by molar-refractivity contribution is 0.748. The minimum Gasteiger partial charge on any atom is -0.367 e. The fourth-order valence-corrected chi connectivity index (χ4v) is 2.60. The third kappa shape index (κ3) is 2.33. The summed E-state index contributed by atoms with van der Waals surface area (Å²) in [6.45, 7) is 10.4. The summed E-state index contributed by atoms with van der Waals surface area (Å²) in [5, 5.41) is 9.19. The van der Waals surface area contributed by atoms with Crippen LogP contribution in [0, 0.1) is 20.8 Å². The Balaban J connectivity index is 2.33. The molecule has 5 heteroatoms. The fraction of sp³-hybridized carbons (Fsp3) is 0.438. The van der Waals surface area contributed by atoms with E-state index in [1.54, 1.807) is 0 Å². The van der Waals surface area contributed by atoms with Crippen molar-refractivity contribution in [3.8, 4) is 0 Å². The van der Waals surface area contributed by atoms with Crippen LogP contribution in [0.2, 0.25) is 0 Å². The molecule has 1 N–H and O–H groups in total. The van der Waals surface area contributed by atoms with E-state index in [1.807, 2.05) is 24.4 Å². The second-order valence-electron chi connectivity index (χ2n) is 5.75. The Morgan fingerprint density at radius 2 is 1.86 bits per heavy atom. The van der Waals surface area contributed by atoms with Crippen LogP contribution >= 0.6 is 0 Å². The number of nitrogens with one attached hydrogen (secondary N) is 1. The number of fused-ring (bicyclic) bond motifs is 3. The molecule has 0 aliphatic heterocycles. The van der Waals surface area contributed by atoms with Crippen LogP contribution in [0.3, 0.4) is 0 Å². The molecule has 21 heavy (non-hydrogen) atoms. The number of rotatable bonds is 3. The summed E-state index contributed by atoms with van der Waals surface area (Å²) < 4.78 is 1.88. The van der Waals surface area contributed by atoms with Crippen molar-refractivity contribution >= 4 is 22.5 Å². The Labute approximate surface area is 124 Å². The molecule has 0 amide bonds. The van der Waals surface area contributed by atoms with E-state index in [-0.39, 0.29) is 0 Å². The Bertz CT molecular complexity index is 818. The standard InChI is InChI=1S/C16H21N5/c1-6-10(3)17-13-8-12(5)19-16-14-9(2)7-11(4)18-15(14)20-21(13)16/h7-8,10,17H,6H2,1-5H3. The van der Waals surface area contributed by atoms with Crippen molar-refractivity contribution in [2.75, 3.05) is 5.32 Å². The van der Waals surface area contributed by atoms with Crippen LogP contribution in [-0.4, -0.2) is 25.6 Å². The van der Waals surface area contributed by atoms with Gasteiger partial charge in [0, 0.05) is 23.5 Å². The van der Waals surface area contributed by atoms with E-state index >= 15 is 0 Å². The van der Waals surface area contributed by atoms with Crippen LogP contribution in [0.5, 0.6) is 0 Å². The average Bonchev–Trinajstić information content (AvgIpc) is 2.76.